The van der Waals surface area contributed by atoms with E-state index >= 15 is 0 Å². The minimum absolute atomic E-state index is 0.0350. The fourth-order valence-electron chi connectivity index (χ4n) is 5.52. The van der Waals surface area contributed by atoms with E-state index in [1.54, 1.807) is 28.0 Å². The normalized spacial score (nSPS) is 20.6. The molecule has 0 bridgehead atoms. The van der Waals surface area contributed by atoms with Crippen molar-refractivity contribution in [2.75, 3.05) is 50.8 Å². The fourth-order valence-corrected chi connectivity index (χ4v) is 5.71. The Kier molecular flexibility index (Phi) is 7.19. The van der Waals surface area contributed by atoms with E-state index in [-0.39, 0.29) is 30.1 Å². The molecule has 0 radical (unpaired) electrons. The Morgan fingerprint density at radius 3 is 2.51 bits per heavy atom. The number of benzene rings is 2. The Balaban J connectivity index is 1.48. The predicted octanol–water partition coefficient (Wildman–Crippen LogP) is 4.91. The van der Waals surface area contributed by atoms with Gasteiger partial charge in [-0.3, -0.25) is 14.9 Å². The maximum atomic E-state index is 14.2. The Labute approximate surface area is 232 Å². The minimum Gasteiger partial charge on any atom is -0.444 e. The van der Waals surface area contributed by atoms with Crippen molar-refractivity contribution in [2.24, 2.45) is 5.41 Å². The van der Waals surface area contributed by atoms with Crippen molar-refractivity contribution in [3.63, 3.8) is 0 Å². The van der Waals surface area contributed by atoms with Gasteiger partial charge in [0.25, 0.3) is 11.6 Å². The number of halogens is 1. The zero-order valence-corrected chi connectivity index (χ0v) is 23.1. The second kappa shape index (κ2) is 10.3. The summed E-state index contributed by atoms with van der Waals surface area (Å²) >= 11 is 6.31. The number of piperazine rings is 1. The van der Waals surface area contributed by atoms with Crippen LogP contribution < -0.4 is 4.90 Å². The quantitative estimate of drug-likeness (QED) is 0.389. The van der Waals surface area contributed by atoms with E-state index in [1.165, 1.54) is 12.1 Å². The highest BCUT2D eigenvalue weighted by molar-refractivity contribution is 6.30. The number of rotatable bonds is 4. The molecule has 208 valence electrons. The molecule has 2 aromatic rings. The van der Waals surface area contributed by atoms with Gasteiger partial charge in [-0.2, -0.15) is 0 Å². The molecule has 0 N–H and O–H groups in total. The zero-order valence-electron chi connectivity index (χ0n) is 22.4. The van der Waals surface area contributed by atoms with E-state index in [0.717, 1.165) is 12.0 Å². The van der Waals surface area contributed by atoms with E-state index in [4.69, 9.17) is 21.1 Å². The highest BCUT2D eigenvalue weighted by atomic mass is 35.5. The zero-order chi connectivity index (χ0) is 27.9. The monoisotopic (exact) mass is 556 g/mol. The third kappa shape index (κ3) is 5.67. The minimum atomic E-state index is -0.651. The van der Waals surface area contributed by atoms with Crippen LogP contribution in [0.3, 0.4) is 0 Å². The van der Waals surface area contributed by atoms with Crippen LogP contribution in [0, 0.1) is 15.5 Å². The number of non-ortho nitro benzene ring substituents is 1. The molecule has 2 aromatic carbocycles. The number of anilines is 1. The maximum absolute atomic E-state index is 14.2. The van der Waals surface area contributed by atoms with Crippen LogP contribution in [-0.4, -0.2) is 78.3 Å². The first-order chi connectivity index (χ1) is 18.4. The Bertz CT molecular complexity index is 1290. The molecule has 0 saturated carbocycles. The van der Waals surface area contributed by atoms with Gasteiger partial charge in [0.2, 0.25) is 0 Å². The molecule has 3 heterocycles. The van der Waals surface area contributed by atoms with Crippen molar-refractivity contribution in [3.05, 3.63) is 68.7 Å². The van der Waals surface area contributed by atoms with Gasteiger partial charge in [-0.05, 0) is 51.0 Å². The fraction of sp³-hybridized carbons (Fsp3) is 0.500. The first kappa shape index (κ1) is 27.2. The third-order valence-corrected chi connectivity index (χ3v) is 7.78. The topological polar surface area (TPSA) is 105 Å². The molecule has 3 fully saturated rings. The van der Waals surface area contributed by atoms with E-state index in [1.807, 2.05) is 32.9 Å². The van der Waals surface area contributed by atoms with Gasteiger partial charge < -0.3 is 24.2 Å². The number of nitro benzene ring substituents is 1. The van der Waals surface area contributed by atoms with Crippen LogP contribution in [0.1, 0.15) is 49.2 Å². The van der Waals surface area contributed by atoms with Gasteiger partial charge in [0, 0.05) is 55.3 Å². The van der Waals surface area contributed by atoms with Crippen molar-refractivity contribution in [1.82, 2.24) is 9.80 Å². The number of hydrogen-bond donors (Lipinski definition) is 0. The number of ether oxygens (including phenoxy) is 2. The molecule has 1 atom stereocenters. The largest absolute Gasteiger partial charge is 0.444 e. The number of carbonyl (C=O) groups is 2. The van der Waals surface area contributed by atoms with E-state index in [2.05, 4.69) is 4.90 Å². The second-order valence-corrected chi connectivity index (χ2v) is 12.1. The van der Waals surface area contributed by atoms with Crippen LogP contribution in [0.15, 0.2) is 42.5 Å². The summed E-state index contributed by atoms with van der Waals surface area (Å²) in [6.45, 7) is 8.92. The lowest BCUT2D eigenvalue weighted by atomic mass is 9.85. The van der Waals surface area contributed by atoms with Crippen LogP contribution in [0.2, 0.25) is 5.02 Å². The van der Waals surface area contributed by atoms with E-state index in [9.17, 15) is 19.7 Å². The summed E-state index contributed by atoms with van der Waals surface area (Å²) in [6, 6.07) is 11.2. The van der Waals surface area contributed by atoms with Crippen LogP contribution in [0.4, 0.5) is 16.2 Å². The van der Waals surface area contributed by atoms with Crippen LogP contribution >= 0.6 is 11.6 Å². The van der Waals surface area contributed by atoms with Gasteiger partial charge in [-0.1, -0.05) is 23.7 Å². The molecule has 1 unspecified atom stereocenters. The lowest BCUT2D eigenvalue weighted by Crippen LogP contribution is -2.53. The number of hydrogen-bond acceptors (Lipinski definition) is 7. The molecular formula is C28H33ClN4O6. The second-order valence-electron chi connectivity index (χ2n) is 11.6. The summed E-state index contributed by atoms with van der Waals surface area (Å²) in [4.78, 5) is 43.7. The van der Waals surface area contributed by atoms with Crippen molar-refractivity contribution in [2.45, 2.75) is 38.8 Å². The van der Waals surface area contributed by atoms with Crippen LogP contribution in [0.25, 0.3) is 0 Å². The van der Waals surface area contributed by atoms with Crippen molar-refractivity contribution in [1.29, 1.82) is 0 Å². The summed E-state index contributed by atoms with van der Waals surface area (Å²) < 4.78 is 11.0. The number of nitrogens with zero attached hydrogens (tertiary/aromatic N) is 4. The number of nitro groups is 1. The summed E-state index contributed by atoms with van der Waals surface area (Å²) in [5.41, 5.74) is 1.07. The Morgan fingerprint density at radius 1 is 1.13 bits per heavy atom. The van der Waals surface area contributed by atoms with Crippen LogP contribution in [0.5, 0.6) is 0 Å². The van der Waals surface area contributed by atoms with Crippen molar-refractivity contribution < 1.29 is 24.0 Å². The average molecular weight is 557 g/mol. The Hall–Kier alpha value is -3.37. The van der Waals surface area contributed by atoms with E-state index in [0.29, 0.717) is 49.1 Å². The highest BCUT2D eigenvalue weighted by Crippen LogP contribution is 2.42. The Morgan fingerprint density at radius 2 is 1.90 bits per heavy atom. The van der Waals surface area contributed by atoms with Gasteiger partial charge in [-0.15, -0.1) is 0 Å². The first-order valence-electron chi connectivity index (χ1n) is 13.1. The smallest absolute Gasteiger partial charge is 0.410 e. The predicted molar refractivity (Wildman–Crippen MR) is 146 cm³/mol. The third-order valence-electron chi connectivity index (χ3n) is 7.54. The molecule has 3 aliphatic heterocycles. The molecular weight excluding hydrogens is 524 g/mol. The first-order valence-corrected chi connectivity index (χ1v) is 13.5. The molecule has 3 aliphatic rings. The number of amides is 2. The summed E-state index contributed by atoms with van der Waals surface area (Å²) in [7, 11) is 0. The van der Waals surface area contributed by atoms with Gasteiger partial charge in [0.05, 0.1) is 35.4 Å². The van der Waals surface area contributed by atoms with Gasteiger partial charge in [-0.25, -0.2) is 4.79 Å². The molecule has 39 heavy (non-hydrogen) atoms. The van der Waals surface area contributed by atoms with Crippen molar-refractivity contribution in [3.8, 4) is 0 Å². The molecule has 2 amide bonds. The molecule has 0 aliphatic carbocycles. The summed E-state index contributed by atoms with van der Waals surface area (Å²) in [6.07, 6.45) is 0.464. The number of carbonyl (C=O) groups excluding carboxylic acids is 2. The lowest BCUT2D eigenvalue weighted by Gasteiger charge is -2.42. The van der Waals surface area contributed by atoms with Gasteiger partial charge in [0.15, 0.2) is 0 Å². The van der Waals surface area contributed by atoms with E-state index < -0.39 is 22.7 Å². The molecule has 3 saturated heterocycles. The lowest BCUT2D eigenvalue weighted by molar-refractivity contribution is -0.384. The molecule has 1 spiro atoms. The molecule has 10 nitrogen and oxygen atoms in total. The molecule has 11 heteroatoms. The molecule has 0 aromatic heterocycles. The standard InChI is InChI=1S/C28H33ClN4O6/c1-27(2,3)39-26(35)30-11-12-32(24(15-30)19-5-4-6-20(29)13-19)25(34)22-8-7-21(33(36)37)14-23(22)31-10-9-28(16-31)17-38-18-28/h4-8,13-14,24H,9-12,15-18H2,1-3H3. The summed E-state index contributed by atoms with van der Waals surface area (Å²) in [5, 5.41) is 12.1. The van der Waals surface area contributed by atoms with Crippen molar-refractivity contribution >= 4 is 35.0 Å². The van der Waals surface area contributed by atoms with Gasteiger partial charge in [0.1, 0.15) is 5.60 Å². The SMILES string of the molecule is CC(C)(C)OC(=O)N1CCN(C(=O)c2ccc([N+](=O)[O-])cc2N2CCC3(COC3)C2)C(c2cccc(Cl)c2)C1. The highest BCUT2D eigenvalue weighted by Gasteiger charge is 2.45. The molecule has 5 rings (SSSR count). The van der Waals surface area contributed by atoms with Gasteiger partial charge >= 0.3 is 6.09 Å². The maximum Gasteiger partial charge on any atom is 0.410 e. The average Bonchev–Trinajstić information content (AvgIpc) is 3.33. The summed E-state index contributed by atoms with van der Waals surface area (Å²) in [5.74, 6) is -0.250. The van der Waals surface area contributed by atoms with Crippen LogP contribution in [-0.2, 0) is 9.47 Å².